The molecule has 0 aromatic heterocycles. The maximum Gasteiger partial charge on any atom is 0.243 e. The number of amides is 1. The summed E-state index contributed by atoms with van der Waals surface area (Å²) in [6.07, 6.45) is 1.00. The average Bonchev–Trinajstić information content (AvgIpc) is 2.74. The second-order valence-corrected chi connectivity index (χ2v) is 10.5. The van der Waals surface area contributed by atoms with Crippen LogP contribution in [0, 0.1) is 5.92 Å². The van der Waals surface area contributed by atoms with E-state index in [1.54, 1.807) is 26.0 Å². The first-order valence-electron chi connectivity index (χ1n) is 10.9. The molecule has 6 nitrogen and oxygen atoms in total. The second-order valence-electron chi connectivity index (χ2n) is 8.12. The molecule has 0 fully saturated rings. The fraction of sp³-hybridized carbons (Fsp3) is 0.417. The Hall–Kier alpha value is -2.29. The van der Waals surface area contributed by atoms with E-state index < -0.39 is 10.0 Å². The third-order valence-corrected chi connectivity index (χ3v) is 7.48. The van der Waals surface area contributed by atoms with Crippen LogP contribution in [0.2, 0.25) is 0 Å². The number of nitrogens with one attached hydrogen (secondary N) is 2. The highest BCUT2D eigenvalue weighted by atomic mass is 32.2. The molecule has 1 atom stereocenters. The van der Waals surface area contributed by atoms with Gasteiger partial charge in [-0.1, -0.05) is 52.0 Å². The lowest BCUT2D eigenvalue weighted by Gasteiger charge is -2.19. The lowest BCUT2D eigenvalue weighted by Crippen LogP contribution is -2.36. The molecule has 32 heavy (non-hydrogen) atoms. The van der Waals surface area contributed by atoms with Crippen molar-refractivity contribution in [1.82, 2.24) is 9.62 Å². The molecule has 0 aliphatic heterocycles. The number of benzene rings is 2. The van der Waals surface area contributed by atoms with E-state index in [9.17, 15) is 13.2 Å². The van der Waals surface area contributed by atoms with Crippen LogP contribution in [0.15, 0.2) is 53.4 Å². The number of hydrogen-bond donors (Lipinski definition) is 2. The van der Waals surface area contributed by atoms with Crippen molar-refractivity contribution in [2.24, 2.45) is 5.92 Å². The third kappa shape index (κ3) is 6.85. The van der Waals surface area contributed by atoms with E-state index in [-0.39, 0.29) is 21.8 Å². The zero-order valence-electron chi connectivity index (χ0n) is 19.4. The monoisotopic (exact) mass is 475 g/mol. The van der Waals surface area contributed by atoms with E-state index in [0.29, 0.717) is 24.7 Å². The van der Waals surface area contributed by atoms with Gasteiger partial charge in [0.05, 0.1) is 10.8 Å². The molecule has 0 spiro atoms. The van der Waals surface area contributed by atoms with E-state index in [1.807, 2.05) is 19.1 Å². The molecule has 0 radical (unpaired) electrons. The summed E-state index contributed by atoms with van der Waals surface area (Å²) in [5.41, 5.74) is 2.77. The topological polar surface area (TPSA) is 78.5 Å². The van der Waals surface area contributed by atoms with Gasteiger partial charge in [-0.3, -0.25) is 4.79 Å². The molecule has 1 amide bonds. The summed E-state index contributed by atoms with van der Waals surface area (Å²) in [6.45, 7) is 10.6. The fourth-order valence-electron chi connectivity index (χ4n) is 3.37. The summed E-state index contributed by atoms with van der Waals surface area (Å²) >= 11 is 5.27. The van der Waals surface area contributed by atoms with Crippen LogP contribution in [0.25, 0.3) is 0 Å². The number of carbonyl (C=O) groups is 1. The molecule has 8 heteroatoms. The zero-order chi connectivity index (χ0) is 23.9. The van der Waals surface area contributed by atoms with Gasteiger partial charge < -0.3 is 10.6 Å². The fourth-order valence-corrected chi connectivity index (χ4v) is 5.05. The molecule has 2 aromatic rings. The Morgan fingerprint density at radius 1 is 0.969 bits per heavy atom. The molecular formula is C24H33N3O3S2. The minimum atomic E-state index is -3.51. The van der Waals surface area contributed by atoms with E-state index in [0.717, 1.165) is 12.0 Å². The van der Waals surface area contributed by atoms with Crippen molar-refractivity contribution >= 4 is 38.9 Å². The van der Waals surface area contributed by atoms with Crippen LogP contribution in [0.3, 0.4) is 0 Å². The van der Waals surface area contributed by atoms with E-state index in [1.165, 1.54) is 22.0 Å². The summed E-state index contributed by atoms with van der Waals surface area (Å²) < 4.78 is 26.6. The highest BCUT2D eigenvalue weighted by Crippen LogP contribution is 2.19. The van der Waals surface area contributed by atoms with Gasteiger partial charge in [0.15, 0.2) is 5.11 Å². The van der Waals surface area contributed by atoms with Crippen LogP contribution in [0.4, 0.5) is 5.69 Å². The summed E-state index contributed by atoms with van der Waals surface area (Å²) in [6, 6.07) is 14.4. The number of nitrogens with zero attached hydrogens (tertiary/aromatic N) is 1. The Balaban J connectivity index is 1.97. The van der Waals surface area contributed by atoms with Crippen molar-refractivity contribution in [2.45, 2.75) is 51.9 Å². The first-order valence-corrected chi connectivity index (χ1v) is 12.7. The van der Waals surface area contributed by atoms with Crippen molar-refractivity contribution in [3.8, 4) is 0 Å². The highest BCUT2D eigenvalue weighted by Gasteiger charge is 2.21. The van der Waals surface area contributed by atoms with E-state index >= 15 is 0 Å². The Bertz CT molecular complexity index is 1010. The molecule has 2 aromatic carbocycles. The number of thiocarbonyl (C=S) groups is 1. The van der Waals surface area contributed by atoms with E-state index in [4.69, 9.17) is 12.2 Å². The Labute approximate surface area is 197 Å². The normalized spacial score (nSPS) is 12.6. The summed E-state index contributed by atoms with van der Waals surface area (Å²) in [5.74, 6) is 0.0145. The SMILES string of the molecule is CCN(CC)S(=O)(=O)c1ccc(NC(=S)NC(=O)C(C)c2ccc(CC(C)C)cc2)cc1. The minimum Gasteiger partial charge on any atom is -0.332 e. The molecule has 2 N–H and O–H groups in total. The molecule has 0 bridgehead atoms. The Morgan fingerprint density at radius 3 is 2.03 bits per heavy atom. The number of sulfonamides is 1. The maximum atomic E-state index is 12.6. The van der Waals surface area contributed by atoms with Gasteiger partial charge in [-0.2, -0.15) is 4.31 Å². The minimum absolute atomic E-state index is 0.164. The number of carbonyl (C=O) groups excluding carboxylic acids is 1. The van der Waals surface area contributed by atoms with Crippen LogP contribution >= 0.6 is 12.2 Å². The largest absolute Gasteiger partial charge is 0.332 e. The van der Waals surface area contributed by atoms with Crippen LogP contribution in [0.5, 0.6) is 0 Å². The molecule has 1 unspecified atom stereocenters. The summed E-state index contributed by atoms with van der Waals surface area (Å²) in [7, 11) is -3.51. The molecule has 0 saturated heterocycles. The molecule has 0 aliphatic carbocycles. The quantitative estimate of drug-likeness (QED) is 0.521. The van der Waals surface area contributed by atoms with Crippen molar-refractivity contribution in [1.29, 1.82) is 0 Å². The molecule has 0 saturated carbocycles. The third-order valence-electron chi connectivity index (χ3n) is 5.21. The summed E-state index contributed by atoms with van der Waals surface area (Å²) in [5, 5.41) is 5.81. The van der Waals surface area contributed by atoms with Gasteiger partial charge in [-0.15, -0.1) is 0 Å². The van der Waals surface area contributed by atoms with Crippen molar-refractivity contribution in [2.75, 3.05) is 18.4 Å². The predicted molar refractivity (Wildman–Crippen MR) is 134 cm³/mol. The molecule has 2 rings (SSSR count). The molecular weight excluding hydrogens is 442 g/mol. The van der Waals surface area contributed by atoms with Crippen LogP contribution in [0.1, 0.15) is 51.7 Å². The van der Waals surface area contributed by atoms with Crippen LogP contribution < -0.4 is 10.6 Å². The van der Waals surface area contributed by atoms with Gasteiger partial charge in [0.2, 0.25) is 15.9 Å². The first kappa shape index (κ1) is 26.0. The number of rotatable bonds is 9. The second kappa shape index (κ2) is 11.5. The van der Waals surface area contributed by atoms with Crippen LogP contribution in [-0.4, -0.2) is 36.8 Å². The van der Waals surface area contributed by atoms with Gasteiger partial charge in [-0.25, -0.2) is 8.42 Å². The van der Waals surface area contributed by atoms with Gasteiger partial charge in [-0.05, 0) is 66.9 Å². The lowest BCUT2D eigenvalue weighted by molar-refractivity contribution is -0.120. The Kier molecular flexibility index (Phi) is 9.36. The molecule has 174 valence electrons. The molecule has 0 aliphatic rings. The van der Waals surface area contributed by atoms with Crippen molar-refractivity contribution in [3.63, 3.8) is 0 Å². The van der Waals surface area contributed by atoms with Gasteiger partial charge in [0.1, 0.15) is 0 Å². The first-order chi connectivity index (χ1) is 15.1. The lowest BCUT2D eigenvalue weighted by atomic mass is 9.96. The smallest absolute Gasteiger partial charge is 0.243 e. The van der Waals surface area contributed by atoms with Crippen molar-refractivity contribution in [3.05, 3.63) is 59.7 Å². The standard InChI is InChI=1S/C24H33N3O3S2/c1-6-27(7-2)32(29,30)22-14-12-21(13-15-22)25-24(31)26-23(28)18(5)20-10-8-19(9-11-20)16-17(3)4/h8-15,17-18H,6-7,16H2,1-5H3,(H2,25,26,28,31). The van der Waals surface area contributed by atoms with Gasteiger partial charge in [0, 0.05) is 18.8 Å². The van der Waals surface area contributed by atoms with E-state index in [2.05, 4.69) is 36.6 Å². The van der Waals surface area contributed by atoms with Gasteiger partial charge >= 0.3 is 0 Å². The van der Waals surface area contributed by atoms with Gasteiger partial charge in [0.25, 0.3) is 0 Å². The number of hydrogen-bond acceptors (Lipinski definition) is 4. The number of anilines is 1. The predicted octanol–water partition coefficient (Wildman–Crippen LogP) is 4.53. The Morgan fingerprint density at radius 2 is 1.53 bits per heavy atom. The summed E-state index contributed by atoms with van der Waals surface area (Å²) in [4.78, 5) is 12.8. The zero-order valence-corrected chi connectivity index (χ0v) is 21.0. The average molecular weight is 476 g/mol. The molecule has 0 heterocycles. The van der Waals surface area contributed by atoms with Crippen molar-refractivity contribution < 1.29 is 13.2 Å². The highest BCUT2D eigenvalue weighted by molar-refractivity contribution is 7.89. The van der Waals surface area contributed by atoms with Crippen LogP contribution in [-0.2, 0) is 21.2 Å². The maximum absolute atomic E-state index is 12.6.